The highest BCUT2D eigenvalue weighted by Crippen LogP contribution is 2.37. The van der Waals surface area contributed by atoms with Gasteiger partial charge in [-0.25, -0.2) is 4.79 Å². The van der Waals surface area contributed by atoms with E-state index in [4.69, 9.17) is 4.74 Å². The van der Waals surface area contributed by atoms with Crippen molar-refractivity contribution in [3.05, 3.63) is 167 Å². The fourth-order valence-corrected chi connectivity index (χ4v) is 10.2. The van der Waals surface area contributed by atoms with Gasteiger partial charge in [-0.3, -0.25) is 33.6 Å². The fraction of sp³-hybridized carbons (Fsp3) is 0.406. The number of aliphatic hydroxyl groups is 1. The van der Waals surface area contributed by atoms with Crippen molar-refractivity contribution < 1.29 is 53.3 Å². The number of hydrogen-bond acceptors (Lipinski definition) is 10. The zero-order chi connectivity index (χ0) is 58.1. The van der Waals surface area contributed by atoms with Gasteiger partial charge in [0.25, 0.3) is 5.91 Å². The molecule has 0 aromatic heterocycles. The number of benzene rings is 5. The number of nitrogens with one attached hydrogen (secondary N) is 4. The molecule has 1 fully saturated rings. The number of likely N-dealkylation sites (tertiary alicyclic amines) is 1. The third-order valence-corrected chi connectivity index (χ3v) is 14.5. The third-order valence-electron chi connectivity index (χ3n) is 14.5. The molecule has 0 saturated carbocycles. The van der Waals surface area contributed by atoms with Gasteiger partial charge in [0.05, 0.1) is 24.7 Å². The molecular formula is C64H77N5O11. The summed E-state index contributed by atoms with van der Waals surface area (Å²) in [7, 11) is 0. The maximum Gasteiger partial charge on any atom is 0.326 e. The van der Waals surface area contributed by atoms with Crippen molar-refractivity contribution >= 4 is 47.1 Å². The molecule has 6 rings (SSSR count). The molecule has 5 aromatic carbocycles. The summed E-state index contributed by atoms with van der Waals surface area (Å²) in [6.07, 6.45) is 1.53. The Kier molecular flexibility index (Phi) is 21.8. The maximum absolute atomic E-state index is 14.3. The number of aryl methyl sites for hydroxylation is 1. The predicted molar refractivity (Wildman–Crippen MR) is 305 cm³/mol. The smallest absolute Gasteiger partial charge is 0.326 e. The number of carboxylic acid groups (broad SMARTS) is 1. The van der Waals surface area contributed by atoms with Gasteiger partial charge in [-0.1, -0.05) is 155 Å². The molecule has 5 amide bonds. The summed E-state index contributed by atoms with van der Waals surface area (Å²) in [6, 6.07) is 37.6. The molecule has 0 aliphatic carbocycles. The van der Waals surface area contributed by atoms with Crippen LogP contribution in [-0.4, -0.2) is 111 Å². The van der Waals surface area contributed by atoms with E-state index in [-0.39, 0.29) is 24.9 Å². The lowest BCUT2D eigenvalue weighted by atomic mass is 9.77. The summed E-state index contributed by atoms with van der Waals surface area (Å²) in [5.41, 5.74) is 3.54. The first-order valence-electron chi connectivity index (χ1n) is 27.6. The minimum absolute atomic E-state index is 0.187. The van der Waals surface area contributed by atoms with E-state index in [2.05, 4.69) is 40.3 Å². The molecule has 16 nitrogen and oxygen atoms in total. The highest BCUT2D eigenvalue weighted by molar-refractivity contribution is 6.00. The highest BCUT2D eigenvalue weighted by Gasteiger charge is 2.42. The van der Waals surface area contributed by atoms with E-state index in [1.165, 1.54) is 24.3 Å². The lowest BCUT2D eigenvalue weighted by Gasteiger charge is -2.37. The van der Waals surface area contributed by atoms with E-state index in [9.17, 15) is 48.6 Å². The van der Waals surface area contributed by atoms with E-state index >= 15 is 0 Å². The Hall–Kier alpha value is -7.82. The van der Waals surface area contributed by atoms with Crippen LogP contribution < -0.4 is 21.3 Å². The summed E-state index contributed by atoms with van der Waals surface area (Å²) in [4.78, 5) is 111. The minimum Gasteiger partial charge on any atom is -0.480 e. The first kappa shape index (κ1) is 61.4. The molecule has 16 heteroatoms. The number of rotatable bonds is 27. The summed E-state index contributed by atoms with van der Waals surface area (Å²) in [6.45, 7) is 11.5. The first-order chi connectivity index (χ1) is 38.1. The molecule has 7 atom stereocenters. The summed E-state index contributed by atoms with van der Waals surface area (Å²) < 4.78 is 6.16. The second kappa shape index (κ2) is 28.4. The molecule has 1 aliphatic heterocycles. The van der Waals surface area contributed by atoms with Crippen molar-refractivity contribution in [3.63, 3.8) is 0 Å². The first-order valence-corrected chi connectivity index (χ1v) is 27.6. The number of carbonyl (C=O) groups is 8. The minimum atomic E-state index is -1.69. The Labute approximate surface area is 469 Å². The van der Waals surface area contributed by atoms with Crippen LogP contribution in [0.3, 0.4) is 0 Å². The molecular weight excluding hydrogens is 1010 g/mol. The summed E-state index contributed by atoms with van der Waals surface area (Å²) in [5, 5.41) is 31.5. The molecule has 0 spiro atoms. The zero-order valence-electron chi connectivity index (χ0n) is 46.9. The van der Waals surface area contributed by atoms with Gasteiger partial charge in [-0.2, -0.15) is 0 Å². The molecule has 1 saturated heterocycles. The van der Waals surface area contributed by atoms with Crippen molar-refractivity contribution in [3.8, 4) is 11.1 Å². The Morgan fingerprint density at radius 3 is 1.68 bits per heavy atom. The monoisotopic (exact) mass is 1090 g/mol. The average Bonchev–Trinajstić information content (AvgIpc) is 3.95. The number of carboxylic acids is 1. The van der Waals surface area contributed by atoms with Crippen molar-refractivity contribution in [2.45, 2.75) is 141 Å². The molecule has 1 heterocycles. The second-order valence-electron chi connectivity index (χ2n) is 21.8. The topological polar surface area (TPSA) is 238 Å². The summed E-state index contributed by atoms with van der Waals surface area (Å²) in [5.74, 6) is -7.96. The van der Waals surface area contributed by atoms with E-state index in [1.54, 1.807) is 39.8 Å². The Morgan fingerprint density at radius 2 is 1.18 bits per heavy atom. The van der Waals surface area contributed by atoms with Crippen LogP contribution in [0, 0.1) is 11.8 Å². The number of aliphatic hydroxyl groups excluding tert-OH is 1. The van der Waals surface area contributed by atoms with Gasteiger partial charge in [-0.15, -0.1) is 0 Å². The van der Waals surface area contributed by atoms with Crippen molar-refractivity contribution in [2.75, 3.05) is 13.2 Å². The molecule has 424 valence electrons. The number of aliphatic carboxylic acids is 1. The fourth-order valence-electron chi connectivity index (χ4n) is 10.2. The molecule has 0 bridgehead atoms. The van der Waals surface area contributed by atoms with Crippen LogP contribution in [0.5, 0.6) is 0 Å². The van der Waals surface area contributed by atoms with Crippen LogP contribution in [-0.2, 0) is 50.3 Å². The van der Waals surface area contributed by atoms with Gasteiger partial charge < -0.3 is 41.1 Å². The molecule has 6 N–H and O–H groups in total. The normalized spacial score (nSPS) is 15.8. The standard InChI is InChI=1S/C64H77N5O11/c1-8-9-20-44-28-30-45(31-29-44)46-32-34-47(35-33-46)59(75)66-52(40-70)54(71)38-42(3)61(77)69-36-19-27-53(69)60(76)67-57(43(4)80-63(5,6)7)55(72)37-41(2)58(74)65-51(62(78)79)39-56(73)68-64(48-21-13-10-14-22-48,49-23-15-11-16-24-49)50-25-17-12-18-26-50/h10-18,21-26,28-35,41-43,51-53,57,70H,8-9,19-20,27,36-40H2,1-7H3,(H,65,74)(H,66,75)(H,67,76)(H,68,73)(H,78,79)/t41-,42+,43?,51+,52-,53+,57+/m1/s1. The quantitative estimate of drug-likeness (QED) is 0.0278. The van der Waals surface area contributed by atoms with Crippen LogP contribution in [0.2, 0.25) is 0 Å². The van der Waals surface area contributed by atoms with Crippen molar-refractivity contribution in [2.24, 2.45) is 11.8 Å². The SMILES string of the molecule is CCCCc1ccc(-c2ccc(C(=O)N[C@H](CO)C(=O)C[C@H](C)C(=O)N3CCC[C@H]3C(=O)N[C@H](C(=O)C[C@@H](C)C(=O)N[C@@H](CC(=O)NC(c3ccccc3)(c3ccccc3)c3ccccc3)C(=O)O)C(C)OC(C)(C)C)cc2)cc1. The van der Waals surface area contributed by atoms with Crippen LogP contribution in [0.15, 0.2) is 140 Å². The van der Waals surface area contributed by atoms with Gasteiger partial charge in [0.1, 0.15) is 29.7 Å². The van der Waals surface area contributed by atoms with Crippen LogP contribution >= 0.6 is 0 Å². The number of hydrogen-bond donors (Lipinski definition) is 6. The van der Waals surface area contributed by atoms with Gasteiger partial charge in [-0.05, 0) is 98.9 Å². The molecule has 1 aliphatic rings. The van der Waals surface area contributed by atoms with Gasteiger partial charge in [0.15, 0.2) is 11.6 Å². The number of amides is 5. The number of nitrogens with zero attached hydrogens (tertiary/aromatic N) is 1. The Balaban J connectivity index is 1.08. The molecule has 80 heavy (non-hydrogen) atoms. The number of Topliss-reactive ketones (excluding diaryl/α,β-unsaturated/α-hetero) is 2. The highest BCUT2D eigenvalue weighted by atomic mass is 16.5. The number of ketones is 2. The number of ether oxygens (including phenoxy) is 1. The lowest BCUT2D eigenvalue weighted by molar-refractivity contribution is -0.145. The van der Waals surface area contributed by atoms with Gasteiger partial charge >= 0.3 is 5.97 Å². The van der Waals surface area contributed by atoms with Gasteiger partial charge in [0.2, 0.25) is 23.6 Å². The molecule has 0 radical (unpaired) electrons. The number of unbranched alkanes of at least 4 members (excludes halogenated alkanes) is 1. The third kappa shape index (κ3) is 16.2. The van der Waals surface area contributed by atoms with Crippen LogP contribution in [0.1, 0.15) is 126 Å². The molecule has 1 unspecified atom stereocenters. The molecule has 5 aromatic rings. The Bertz CT molecular complexity index is 2810. The lowest BCUT2D eigenvalue weighted by Crippen LogP contribution is -2.56. The van der Waals surface area contributed by atoms with E-state index in [1.807, 2.05) is 115 Å². The zero-order valence-corrected chi connectivity index (χ0v) is 46.9. The Morgan fingerprint density at radius 1 is 0.650 bits per heavy atom. The second-order valence-corrected chi connectivity index (χ2v) is 21.8. The summed E-state index contributed by atoms with van der Waals surface area (Å²) >= 11 is 0. The maximum atomic E-state index is 14.3. The van der Waals surface area contributed by atoms with E-state index < -0.39 is 120 Å². The largest absolute Gasteiger partial charge is 0.480 e. The predicted octanol–water partition coefficient (Wildman–Crippen LogP) is 7.72. The van der Waals surface area contributed by atoms with E-state index in [0.29, 0.717) is 23.1 Å². The van der Waals surface area contributed by atoms with E-state index in [0.717, 1.165) is 30.4 Å². The van der Waals surface area contributed by atoms with Crippen molar-refractivity contribution in [1.29, 1.82) is 0 Å². The van der Waals surface area contributed by atoms with Crippen molar-refractivity contribution in [1.82, 2.24) is 26.2 Å². The number of carbonyl (C=O) groups excluding carboxylic acids is 7. The van der Waals surface area contributed by atoms with Crippen LogP contribution in [0.4, 0.5) is 0 Å². The van der Waals surface area contributed by atoms with Crippen LogP contribution in [0.25, 0.3) is 11.1 Å². The average molecular weight is 1090 g/mol. The van der Waals surface area contributed by atoms with Gasteiger partial charge in [0, 0.05) is 36.8 Å².